The lowest BCUT2D eigenvalue weighted by atomic mass is 10.2. The zero-order chi connectivity index (χ0) is 12.0. The first kappa shape index (κ1) is 12.1. The summed E-state index contributed by atoms with van der Waals surface area (Å²) in [6.45, 7) is 3.59. The molecule has 0 unspecified atom stereocenters. The highest BCUT2D eigenvalue weighted by Gasteiger charge is 2.01. The quantitative estimate of drug-likeness (QED) is 0.588. The van der Waals surface area contributed by atoms with Gasteiger partial charge in [-0.2, -0.15) is 0 Å². The highest BCUT2D eigenvalue weighted by atomic mass is 16.5. The van der Waals surface area contributed by atoms with Gasteiger partial charge in [0.25, 0.3) is 0 Å². The van der Waals surface area contributed by atoms with E-state index in [-0.39, 0.29) is 6.61 Å². The van der Waals surface area contributed by atoms with Gasteiger partial charge >= 0.3 is 5.97 Å². The van der Waals surface area contributed by atoms with E-state index in [0.29, 0.717) is 0 Å². The van der Waals surface area contributed by atoms with Crippen molar-refractivity contribution in [3.63, 3.8) is 0 Å². The molecule has 0 bridgehead atoms. The van der Waals surface area contributed by atoms with Crippen LogP contribution in [0.5, 0.6) is 0 Å². The minimum Gasteiger partial charge on any atom is -0.458 e. The largest absolute Gasteiger partial charge is 0.458 e. The molecule has 0 saturated carbocycles. The first-order chi connectivity index (χ1) is 7.69. The molecule has 0 amide bonds. The zero-order valence-corrected chi connectivity index (χ0v) is 9.54. The molecule has 0 aliphatic rings. The third-order valence-corrected chi connectivity index (χ3v) is 2.12. The van der Waals surface area contributed by atoms with Crippen LogP contribution in [0.3, 0.4) is 0 Å². The Kier molecular flexibility index (Phi) is 4.39. The number of carbonyl (C=O) groups excluding carboxylic acids is 1. The van der Waals surface area contributed by atoms with Crippen molar-refractivity contribution in [1.82, 2.24) is 0 Å². The molecule has 1 rings (SSSR count). The lowest BCUT2D eigenvalue weighted by Gasteiger charge is -2.09. The Morgan fingerprint density at radius 3 is 2.31 bits per heavy atom. The second kappa shape index (κ2) is 5.80. The molecule has 0 atom stereocenters. The van der Waals surface area contributed by atoms with Gasteiger partial charge in [0.2, 0.25) is 0 Å². The summed E-state index contributed by atoms with van der Waals surface area (Å²) in [5.41, 5.74) is 2.86. The third-order valence-electron chi connectivity index (χ3n) is 2.12. The summed E-state index contributed by atoms with van der Waals surface area (Å²) >= 11 is 0. The fourth-order valence-corrected chi connectivity index (χ4v) is 1.28. The topological polar surface area (TPSA) is 50.4 Å². The number of hydrogen-bond donors (Lipinski definition) is 2. The lowest BCUT2D eigenvalue weighted by Crippen LogP contribution is -2.02. The molecule has 0 spiro atoms. The van der Waals surface area contributed by atoms with E-state index in [9.17, 15) is 4.79 Å². The van der Waals surface area contributed by atoms with E-state index < -0.39 is 5.97 Å². The Balaban J connectivity index is 2.78. The van der Waals surface area contributed by atoms with Crippen molar-refractivity contribution in [3.8, 4) is 0 Å². The molecular formula is C12H16N2O2. The van der Waals surface area contributed by atoms with E-state index in [0.717, 1.165) is 23.0 Å². The Hall–Kier alpha value is -1.97. The van der Waals surface area contributed by atoms with Gasteiger partial charge in [0.15, 0.2) is 0 Å². The number of esters is 1. The molecular weight excluding hydrogens is 204 g/mol. The van der Waals surface area contributed by atoms with Crippen LogP contribution in [0, 0.1) is 0 Å². The van der Waals surface area contributed by atoms with Crippen LogP contribution in [0.4, 0.5) is 11.4 Å². The predicted octanol–water partition coefficient (Wildman–Crippen LogP) is 2.00. The number of carbonyl (C=O) groups is 1. The Morgan fingerprint density at radius 2 is 1.88 bits per heavy atom. The molecule has 2 N–H and O–H groups in total. The molecule has 0 aromatic heterocycles. The fourth-order valence-electron chi connectivity index (χ4n) is 1.28. The first-order valence-electron chi connectivity index (χ1n) is 4.98. The number of nitrogens with one attached hydrogen (secondary N) is 2. The van der Waals surface area contributed by atoms with Crippen LogP contribution in [-0.4, -0.2) is 20.1 Å². The molecule has 86 valence electrons. The van der Waals surface area contributed by atoms with Gasteiger partial charge in [-0.25, -0.2) is 4.79 Å². The average Bonchev–Trinajstić information content (AvgIpc) is 2.35. The summed E-state index contributed by atoms with van der Waals surface area (Å²) in [5.74, 6) is -0.416. The molecule has 0 saturated heterocycles. The number of rotatable bonds is 5. The standard InChI is InChI=1S/C12H16N2O2/c1-4-12(15)16-8-9-5-10(13-2)7-11(6-9)14-3/h4-7,13-14H,1,8H2,2-3H3. The van der Waals surface area contributed by atoms with Gasteiger partial charge in [-0.3, -0.25) is 0 Å². The Morgan fingerprint density at radius 1 is 1.31 bits per heavy atom. The van der Waals surface area contributed by atoms with Gasteiger partial charge < -0.3 is 15.4 Å². The Labute approximate surface area is 95.3 Å². The monoisotopic (exact) mass is 220 g/mol. The van der Waals surface area contributed by atoms with E-state index in [4.69, 9.17) is 4.74 Å². The van der Waals surface area contributed by atoms with Crippen molar-refractivity contribution in [2.75, 3.05) is 24.7 Å². The third kappa shape index (κ3) is 3.31. The average molecular weight is 220 g/mol. The van der Waals surface area contributed by atoms with E-state index in [1.54, 1.807) is 0 Å². The van der Waals surface area contributed by atoms with Crippen molar-refractivity contribution < 1.29 is 9.53 Å². The van der Waals surface area contributed by atoms with Crippen LogP contribution in [0.2, 0.25) is 0 Å². The molecule has 0 radical (unpaired) electrons. The van der Waals surface area contributed by atoms with Gasteiger partial charge in [0, 0.05) is 31.5 Å². The molecule has 1 aromatic rings. The molecule has 0 aliphatic heterocycles. The van der Waals surface area contributed by atoms with Gasteiger partial charge in [-0.05, 0) is 23.8 Å². The van der Waals surface area contributed by atoms with E-state index in [1.807, 2.05) is 32.3 Å². The molecule has 4 nitrogen and oxygen atoms in total. The minimum absolute atomic E-state index is 0.245. The second-order valence-corrected chi connectivity index (χ2v) is 3.23. The van der Waals surface area contributed by atoms with Gasteiger partial charge in [0.05, 0.1) is 0 Å². The maximum atomic E-state index is 10.9. The second-order valence-electron chi connectivity index (χ2n) is 3.23. The normalized spacial score (nSPS) is 9.38. The maximum Gasteiger partial charge on any atom is 0.330 e. The van der Waals surface area contributed by atoms with Crippen LogP contribution in [0.15, 0.2) is 30.9 Å². The van der Waals surface area contributed by atoms with Crippen LogP contribution >= 0.6 is 0 Å². The van der Waals surface area contributed by atoms with Crippen LogP contribution in [0.25, 0.3) is 0 Å². The van der Waals surface area contributed by atoms with Gasteiger partial charge in [-0.1, -0.05) is 6.58 Å². The van der Waals surface area contributed by atoms with Gasteiger partial charge in [-0.15, -0.1) is 0 Å². The smallest absolute Gasteiger partial charge is 0.330 e. The van der Waals surface area contributed by atoms with E-state index >= 15 is 0 Å². The maximum absolute atomic E-state index is 10.9. The van der Waals surface area contributed by atoms with Crippen molar-refractivity contribution in [3.05, 3.63) is 36.4 Å². The number of ether oxygens (including phenoxy) is 1. The summed E-state index contributed by atoms with van der Waals surface area (Å²) in [6.07, 6.45) is 1.15. The van der Waals surface area contributed by atoms with E-state index in [1.165, 1.54) is 0 Å². The predicted molar refractivity (Wildman–Crippen MR) is 65.5 cm³/mol. The number of hydrogen-bond acceptors (Lipinski definition) is 4. The summed E-state index contributed by atoms with van der Waals surface area (Å²) < 4.78 is 4.96. The molecule has 16 heavy (non-hydrogen) atoms. The van der Waals surface area contributed by atoms with Crippen LogP contribution < -0.4 is 10.6 Å². The number of anilines is 2. The highest BCUT2D eigenvalue weighted by molar-refractivity contribution is 5.81. The van der Waals surface area contributed by atoms with Crippen molar-refractivity contribution in [2.45, 2.75) is 6.61 Å². The highest BCUT2D eigenvalue weighted by Crippen LogP contribution is 2.18. The fraction of sp³-hybridized carbons (Fsp3) is 0.250. The number of benzene rings is 1. The molecule has 4 heteroatoms. The lowest BCUT2D eigenvalue weighted by molar-refractivity contribution is -0.138. The van der Waals surface area contributed by atoms with E-state index in [2.05, 4.69) is 17.2 Å². The molecule has 0 aliphatic carbocycles. The molecule has 0 heterocycles. The molecule has 0 fully saturated rings. The Bertz CT molecular complexity index is 366. The summed E-state index contributed by atoms with van der Waals surface area (Å²) in [5, 5.41) is 6.09. The van der Waals surface area contributed by atoms with Crippen LogP contribution in [-0.2, 0) is 16.1 Å². The SMILES string of the molecule is C=CC(=O)OCc1cc(NC)cc(NC)c1. The first-order valence-corrected chi connectivity index (χ1v) is 4.98. The summed E-state index contributed by atoms with van der Waals surface area (Å²) in [6, 6.07) is 5.83. The zero-order valence-electron chi connectivity index (χ0n) is 9.54. The van der Waals surface area contributed by atoms with Crippen molar-refractivity contribution >= 4 is 17.3 Å². The van der Waals surface area contributed by atoms with Crippen molar-refractivity contribution in [1.29, 1.82) is 0 Å². The summed E-state index contributed by atoms with van der Waals surface area (Å²) in [7, 11) is 3.68. The van der Waals surface area contributed by atoms with Crippen LogP contribution in [0.1, 0.15) is 5.56 Å². The molecule has 1 aromatic carbocycles. The minimum atomic E-state index is -0.416. The van der Waals surface area contributed by atoms with Gasteiger partial charge in [0.1, 0.15) is 6.61 Å². The van der Waals surface area contributed by atoms with Crippen molar-refractivity contribution in [2.24, 2.45) is 0 Å². The summed E-state index contributed by atoms with van der Waals surface area (Å²) in [4.78, 5) is 10.9.